The van der Waals surface area contributed by atoms with Crippen LogP contribution < -0.4 is 10.0 Å². The second kappa shape index (κ2) is 8.88. The molecule has 0 saturated carbocycles. The third-order valence-electron chi connectivity index (χ3n) is 3.22. The van der Waals surface area contributed by atoms with Crippen LogP contribution in [-0.2, 0) is 16.6 Å². The molecular weight excluding hydrogens is 304 g/mol. The van der Waals surface area contributed by atoms with E-state index in [4.69, 9.17) is 0 Å². The summed E-state index contributed by atoms with van der Waals surface area (Å²) in [6.07, 6.45) is 4.29. The lowest BCUT2D eigenvalue weighted by Gasteiger charge is -2.06. The molecule has 0 fully saturated rings. The van der Waals surface area contributed by atoms with Crippen molar-refractivity contribution in [3.63, 3.8) is 0 Å². The van der Waals surface area contributed by atoms with Gasteiger partial charge < -0.3 is 5.32 Å². The van der Waals surface area contributed by atoms with Gasteiger partial charge in [0.2, 0.25) is 10.0 Å². The number of hydrogen-bond acceptors (Lipinski definition) is 4. The van der Waals surface area contributed by atoms with E-state index in [2.05, 4.69) is 30.8 Å². The predicted molar refractivity (Wildman–Crippen MR) is 90.4 cm³/mol. The van der Waals surface area contributed by atoms with Crippen LogP contribution in [0.2, 0.25) is 0 Å². The standard InChI is InChI=1S/C15H28N2O2S2/c1-5-6-7-8-9-17-21(18,19)15-10-14(20-13(15)4)11-16-12(2)3/h10,12,16-17H,5-9,11H2,1-4H3. The fraction of sp³-hybridized carbons (Fsp3) is 0.733. The van der Waals surface area contributed by atoms with Gasteiger partial charge in [0.05, 0.1) is 4.90 Å². The highest BCUT2D eigenvalue weighted by Gasteiger charge is 2.19. The summed E-state index contributed by atoms with van der Waals surface area (Å²) in [6.45, 7) is 9.42. The molecule has 1 rings (SSSR count). The van der Waals surface area contributed by atoms with E-state index in [0.717, 1.165) is 42.0 Å². The van der Waals surface area contributed by atoms with Gasteiger partial charge in [-0.2, -0.15) is 0 Å². The summed E-state index contributed by atoms with van der Waals surface area (Å²) < 4.78 is 27.3. The maximum absolute atomic E-state index is 12.3. The lowest BCUT2D eigenvalue weighted by molar-refractivity contribution is 0.573. The van der Waals surface area contributed by atoms with Crippen molar-refractivity contribution >= 4 is 21.4 Å². The summed E-state index contributed by atoms with van der Waals surface area (Å²) in [7, 11) is -3.36. The van der Waals surface area contributed by atoms with Crippen LogP contribution in [0.4, 0.5) is 0 Å². The summed E-state index contributed by atoms with van der Waals surface area (Å²) in [6, 6.07) is 2.19. The van der Waals surface area contributed by atoms with Crippen LogP contribution in [0.1, 0.15) is 56.2 Å². The van der Waals surface area contributed by atoms with Gasteiger partial charge in [0.15, 0.2) is 0 Å². The molecule has 6 heteroatoms. The van der Waals surface area contributed by atoms with E-state index < -0.39 is 10.0 Å². The second-order valence-electron chi connectivity index (χ2n) is 5.63. The minimum atomic E-state index is -3.36. The molecule has 0 amide bonds. The highest BCUT2D eigenvalue weighted by atomic mass is 32.2. The van der Waals surface area contributed by atoms with Crippen molar-refractivity contribution in [2.24, 2.45) is 0 Å². The molecule has 0 saturated heterocycles. The molecule has 21 heavy (non-hydrogen) atoms. The van der Waals surface area contributed by atoms with Crippen molar-refractivity contribution in [3.8, 4) is 0 Å². The zero-order valence-corrected chi connectivity index (χ0v) is 15.2. The van der Waals surface area contributed by atoms with Crippen molar-refractivity contribution in [1.82, 2.24) is 10.0 Å². The van der Waals surface area contributed by atoms with E-state index in [1.807, 2.05) is 6.92 Å². The molecule has 0 aromatic carbocycles. The van der Waals surface area contributed by atoms with Gasteiger partial charge in [0.25, 0.3) is 0 Å². The van der Waals surface area contributed by atoms with E-state index >= 15 is 0 Å². The smallest absolute Gasteiger partial charge is 0.241 e. The van der Waals surface area contributed by atoms with Crippen LogP contribution >= 0.6 is 11.3 Å². The number of nitrogens with one attached hydrogen (secondary N) is 2. The van der Waals surface area contributed by atoms with Gasteiger partial charge in [-0.1, -0.05) is 40.0 Å². The third kappa shape index (κ3) is 6.46. The Labute approximate surface area is 133 Å². The number of sulfonamides is 1. The molecule has 0 aliphatic heterocycles. The fourth-order valence-electron chi connectivity index (χ4n) is 2.02. The number of aryl methyl sites for hydroxylation is 1. The van der Waals surface area contributed by atoms with Crippen LogP contribution in [0, 0.1) is 6.92 Å². The Hall–Kier alpha value is -0.430. The monoisotopic (exact) mass is 332 g/mol. The Balaban J connectivity index is 2.61. The molecule has 0 unspecified atom stereocenters. The molecule has 0 aliphatic rings. The molecule has 1 heterocycles. The van der Waals surface area contributed by atoms with Gasteiger partial charge in [-0.25, -0.2) is 13.1 Å². The Bertz CT molecular complexity index is 522. The molecule has 0 spiro atoms. The number of hydrogen-bond donors (Lipinski definition) is 2. The fourth-order valence-corrected chi connectivity index (χ4v) is 4.68. The van der Waals surface area contributed by atoms with Crippen LogP contribution in [0.15, 0.2) is 11.0 Å². The van der Waals surface area contributed by atoms with Gasteiger partial charge in [-0.15, -0.1) is 11.3 Å². The second-order valence-corrected chi connectivity index (χ2v) is 8.70. The Morgan fingerprint density at radius 2 is 1.95 bits per heavy atom. The van der Waals surface area contributed by atoms with Crippen LogP contribution in [0.3, 0.4) is 0 Å². The third-order valence-corrected chi connectivity index (χ3v) is 5.99. The molecule has 0 radical (unpaired) electrons. The molecule has 1 aromatic heterocycles. The normalized spacial score (nSPS) is 12.2. The van der Waals surface area contributed by atoms with Crippen molar-refractivity contribution in [2.75, 3.05) is 6.54 Å². The SMILES string of the molecule is CCCCCCNS(=O)(=O)c1cc(CNC(C)C)sc1C. The van der Waals surface area contributed by atoms with Gasteiger partial charge >= 0.3 is 0 Å². The number of unbranched alkanes of at least 4 members (excludes halogenated alkanes) is 3. The first-order valence-electron chi connectivity index (χ1n) is 7.69. The molecule has 4 nitrogen and oxygen atoms in total. The first-order chi connectivity index (χ1) is 9.86. The topological polar surface area (TPSA) is 58.2 Å². The van der Waals surface area contributed by atoms with Crippen molar-refractivity contribution < 1.29 is 8.42 Å². The highest BCUT2D eigenvalue weighted by Crippen LogP contribution is 2.25. The van der Waals surface area contributed by atoms with Gasteiger partial charge in [0, 0.05) is 28.9 Å². The Morgan fingerprint density at radius 1 is 1.24 bits per heavy atom. The first kappa shape index (κ1) is 18.6. The molecule has 1 aromatic rings. The van der Waals surface area contributed by atoms with E-state index in [1.165, 1.54) is 0 Å². The molecule has 2 N–H and O–H groups in total. The minimum Gasteiger partial charge on any atom is -0.310 e. The molecule has 0 bridgehead atoms. The molecular formula is C15H28N2O2S2. The lowest BCUT2D eigenvalue weighted by Crippen LogP contribution is -2.25. The van der Waals surface area contributed by atoms with Crippen molar-refractivity contribution in [1.29, 1.82) is 0 Å². The average molecular weight is 333 g/mol. The largest absolute Gasteiger partial charge is 0.310 e. The van der Waals surface area contributed by atoms with Crippen LogP contribution in [0.25, 0.3) is 0 Å². The maximum Gasteiger partial charge on any atom is 0.241 e. The predicted octanol–water partition coefficient (Wildman–Crippen LogP) is 3.41. The van der Waals surface area contributed by atoms with E-state index in [9.17, 15) is 8.42 Å². The van der Waals surface area contributed by atoms with Gasteiger partial charge in [-0.3, -0.25) is 0 Å². The summed E-state index contributed by atoms with van der Waals surface area (Å²) in [5.41, 5.74) is 0. The first-order valence-corrected chi connectivity index (χ1v) is 9.99. The van der Waals surface area contributed by atoms with Gasteiger partial charge in [0.1, 0.15) is 0 Å². The summed E-state index contributed by atoms with van der Waals surface area (Å²) >= 11 is 1.55. The quantitative estimate of drug-likeness (QED) is 0.646. The van der Waals surface area contributed by atoms with Crippen molar-refractivity contribution in [2.45, 2.75) is 70.9 Å². The highest BCUT2D eigenvalue weighted by molar-refractivity contribution is 7.89. The Kier molecular flexibility index (Phi) is 7.87. The number of thiophene rings is 1. The van der Waals surface area contributed by atoms with Crippen molar-refractivity contribution in [3.05, 3.63) is 15.8 Å². The molecule has 0 aliphatic carbocycles. The summed E-state index contributed by atoms with van der Waals surface area (Å²) in [4.78, 5) is 2.35. The van der Waals surface area contributed by atoms with Crippen LogP contribution in [0.5, 0.6) is 0 Å². The minimum absolute atomic E-state index is 0.393. The maximum atomic E-state index is 12.3. The van der Waals surface area contributed by atoms with Crippen LogP contribution in [-0.4, -0.2) is 21.0 Å². The van der Waals surface area contributed by atoms with E-state index in [1.54, 1.807) is 17.4 Å². The summed E-state index contributed by atoms with van der Waals surface area (Å²) in [5.74, 6) is 0. The van der Waals surface area contributed by atoms with E-state index in [-0.39, 0.29) is 0 Å². The summed E-state index contributed by atoms with van der Waals surface area (Å²) in [5, 5.41) is 3.32. The van der Waals surface area contributed by atoms with E-state index in [0.29, 0.717) is 17.5 Å². The zero-order valence-electron chi connectivity index (χ0n) is 13.5. The lowest BCUT2D eigenvalue weighted by atomic mass is 10.2. The molecule has 122 valence electrons. The Morgan fingerprint density at radius 3 is 2.57 bits per heavy atom. The zero-order chi connectivity index (χ0) is 15.9. The molecule has 0 atom stereocenters. The number of rotatable bonds is 10. The average Bonchev–Trinajstić information content (AvgIpc) is 2.78. The van der Waals surface area contributed by atoms with Gasteiger partial charge in [-0.05, 0) is 19.4 Å².